The van der Waals surface area contributed by atoms with Crippen LogP contribution in [0.2, 0.25) is 12.1 Å². The molecule has 0 aromatic heterocycles. The Morgan fingerprint density at radius 2 is 1.58 bits per heavy atom. The molecule has 0 aliphatic rings. The molecule has 19 heavy (non-hydrogen) atoms. The Labute approximate surface area is 119 Å². The van der Waals surface area contributed by atoms with Crippen LogP contribution >= 0.6 is 0 Å². The maximum absolute atomic E-state index is 11.9. The predicted molar refractivity (Wildman–Crippen MR) is 79.4 cm³/mol. The van der Waals surface area contributed by atoms with Crippen LogP contribution in [-0.2, 0) is 18.4 Å². The molecule has 0 aromatic carbocycles. The number of unbranched alkanes of at least 4 members (excludes halogenated alkanes) is 5. The van der Waals surface area contributed by atoms with Crippen LogP contribution in [0.1, 0.15) is 52.4 Å². The average Bonchev–Trinajstić information content (AvgIpc) is 2.44. The first-order chi connectivity index (χ1) is 9.01. The van der Waals surface area contributed by atoms with Crippen LogP contribution in [0.4, 0.5) is 0 Å². The second kappa shape index (κ2) is 10.4. The van der Waals surface area contributed by atoms with Crippen molar-refractivity contribution in [3.05, 3.63) is 0 Å². The Hall–Kier alpha value is -0.393. The molecule has 0 saturated carbocycles. The zero-order chi connectivity index (χ0) is 14.7. The highest BCUT2D eigenvalue weighted by atomic mass is 28.4. The van der Waals surface area contributed by atoms with Crippen molar-refractivity contribution in [1.29, 1.82) is 0 Å². The largest absolute Gasteiger partial charge is 0.466 e. The standard InChI is InChI=1S/C14H30O4Si/c1-6-7-8-9-10-11-12-18-14(15)13(2)19(5,16-3)17-4/h13H,6-12H2,1-5H3. The van der Waals surface area contributed by atoms with Crippen LogP contribution in [-0.4, -0.2) is 35.4 Å². The van der Waals surface area contributed by atoms with Gasteiger partial charge in [-0.2, -0.15) is 0 Å². The van der Waals surface area contributed by atoms with Gasteiger partial charge in [0.05, 0.1) is 12.1 Å². The zero-order valence-electron chi connectivity index (χ0n) is 13.2. The second-order valence-corrected chi connectivity index (χ2v) is 8.80. The number of esters is 1. The fourth-order valence-electron chi connectivity index (χ4n) is 1.83. The van der Waals surface area contributed by atoms with Gasteiger partial charge >= 0.3 is 14.5 Å². The smallest absolute Gasteiger partial charge is 0.348 e. The van der Waals surface area contributed by atoms with Gasteiger partial charge in [0, 0.05) is 14.2 Å². The van der Waals surface area contributed by atoms with E-state index in [1.165, 1.54) is 25.7 Å². The van der Waals surface area contributed by atoms with Crippen LogP contribution in [0.15, 0.2) is 0 Å². The molecule has 0 aliphatic carbocycles. The molecule has 0 aromatic rings. The first kappa shape index (κ1) is 18.6. The molecule has 5 heteroatoms. The predicted octanol–water partition coefficient (Wildman–Crippen LogP) is 3.65. The maximum atomic E-state index is 11.9. The molecule has 0 bridgehead atoms. The summed E-state index contributed by atoms with van der Waals surface area (Å²) in [6.07, 6.45) is 7.13. The van der Waals surface area contributed by atoms with Gasteiger partial charge in [-0.05, 0) is 19.9 Å². The summed E-state index contributed by atoms with van der Waals surface area (Å²) >= 11 is 0. The molecule has 0 aliphatic heterocycles. The summed E-state index contributed by atoms with van der Waals surface area (Å²) in [5.74, 6) is -0.202. The van der Waals surface area contributed by atoms with E-state index < -0.39 is 8.56 Å². The van der Waals surface area contributed by atoms with Crippen molar-refractivity contribution < 1.29 is 18.4 Å². The summed E-state index contributed by atoms with van der Waals surface area (Å²) in [7, 11) is 0.757. The SMILES string of the molecule is CCCCCCCCOC(=O)C(C)[Si](C)(OC)OC. The summed E-state index contributed by atoms with van der Waals surface area (Å²) in [6, 6.07) is 0. The van der Waals surface area contributed by atoms with Gasteiger partial charge in [0.1, 0.15) is 0 Å². The van der Waals surface area contributed by atoms with Crippen molar-refractivity contribution in [3.8, 4) is 0 Å². The molecular formula is C14H30O4Si. The van der Waals surface area contributed by atoms with Crippen LogP contribution in [0.25, 0.3) is 0 Å². The van der Waals surface area contributed by atoms with Crippen molar-refractivity contribution in [2.45, 2.75) is 64.5 Å². The summed E-state index contributed by atoms with van der Waals surface area (Å²) in [5.41, 5.74) is -0.303. The molecule has 1 unspecified atom stereocenters. The van der Waals surface area contributed by atoms with E-state index in [4.69, 9.17) is 13.6 Å². The molecule has 0 fully saturated rings. The minimum Gasteiger partial charge on any atom is -0.466 e. The fraction of sp³-hybridized carbons (Fsp3) is 0.929. The third-order valence-corrected chi connectivity index (χ3v) is 7.12. The van der Waals surface area contributed by atoms with E-state index >= 15 is 0 Å². The Balaban J connectivity index is 3.80. The minimum absolute atomic E-state index is 0.202. The quantitative estimate of drug-likeness (QED) is 0.331. The van der Waals surface area contributed by atoms with Crippen molar-refractivity contribution >= 4 is 14.5 Å². The van der Waals surface area contributed by atoms with Gasteiger partial charge in [-0.15, -0.1) is 0 Å². The molecule has 0 radical (unpaired) electrons. The highest BCUT2D eigenvalue weighted by Crippen LogP contribution is 2.24. The number of carbonyl (C=O) groups excluding carboxylic acids is 1. The Morgan fingerprint density at radius 3 is 2.11 bits per heavy atom. The average molecular weight is 290 g/mol. The molecule has 0 heterocycles. The molecule has 0 amide bonds. The third-order valence-electron chi connectivity index (χ3n) is 3.69. The number of rotatable bonds is 11. The lowest BCUT2D eigenvalue weighted by atomic mass is 10.1. The van der Waals surface area contributed by atoms with Crippen LogP contribution in [0, 0.1) is 0 Å². The van der Waals surface area contributed by atoms with Gasteiger partial charge in [0.2, 0.25) is 0 Å². The lowest BCUT2D eigenvalue weighted by molar-refractivity contribution is -0.144. The van der Waals surface area contributed by atoms with E-state index in [1.54, 1.807) is 14.2 Å². The van der Waals surface area contributed by atoms with E-state index in [2.05, 4.69) is 6.92 Å². The van der Waals surface area contributed by atoms with E-state index in [-0.39, 0.29) is 11.5 Å². The first-order valence-corrected chi connectivity index (χ1v) is 9.68. The highest BCUT2D eigenvalue weighted by Gasteiger charge is 2.42. The summed E-state index contributed by atoms with van der Waals surface area (Å²) in [4.78, 5) is 11.9. The van der Waals surface area contributed by atoms with Crippen molar-refractivity contribution in [2.75, 3.05) is 20.8 Å². The molecule has 0 N–H and O–H groups in total. The molecule has 0 spiro atoms. The van der Waals surface area contributed by atoms with Gasteiger partial charge < -0.3 is 13.6 Å². The Bertz CT molecular complexity index is 242. The van der Waals surface area contributed by atoms with Gasteiger partial charge in [0.15, 0.2) is 0 Å². The fourth-order valence-corrected chi connectivity index (χ4v) is 3.22. The van der Waals surface area contributed by atoms with Gasteiger partial charge in [-0.1, -0.05) is 39.0 Å². The molecule has 0 rings (SSSR count). The summed E-state index contributed by atoms with van der Waals surface area (Å²) in [5, 5.41) is 0. The number of ether oxygens (including phenoxy) is 1. The highest BCUT2D eigenvalue weighted by molar-refractivity contribution is 6.70. The lowest BCUT2D eigenvalue weighted by Crippen LogP contribution is -2.44. The first-order valence-electron chi connectivity index (χ1n) is 7.28. The maximum Gasteiger partial charge on any atom is 0.348 e. The van der Waals surface area contributed by atoms with E-state index in [1.807, 2.05) is 13.5 Å². The molecule has 4 nitrogen and oxygen atoms in total. The molecule has 1 atom stereocenters. The van der Waals surface area contributed by atoms with Crippen LogP contribution in [0.5, 0.6) is 0 Å². The number of carbonyl (C=O) groups is 1. The number of hydrogen-bond donors (Lipinski definition) is 0. The topological polar surface area (TPSA) is 44.8 Å². The van der Waals surface area contributed by atoms with Crippen LogP contribution < -0.4 is 0 Å². The zero-order valence-corrected chi connectivity index (χ0v) is 14.2. The van der Waals surface area contributed by atoms with E-state index in [9.17, 15) is 4.79 Å². The van der Waals surface area contributed by atoms with Crippen molar-refractivity contribution in [1.82, 2.24) is 0 Å². The molecule has 0 saturated heterocycles. The monoisotopic (exact) mass is 290 g/mol. The Kier molecular flexibility index (Phi) is 10.2. The number of hydrogen-bond acceptors (Lipinski definition) is 4. The van der Waals surface area contributed by atoms with Gasteiger partial charge in [0.25, 0.3) is 0 Å². The van der Waals surface area contributed by atoms with Gasteiger partial charge in [-0.25, -0.2) is 0 Å². The Morgan fingerprint density at radius 1 is 1.05 bits per heavy atom. The molecular weight excluding hydrogens is 260 g/mol. The summed E-state index contributed by atoms with van der Waals surface area (Å²) < 4.78 is 16.0. The van der Waals surface area contributed by atoms with Crippen LogP contribution in [0.3, 0.4) is 0 Å². The molecule has 114 valence electrons. The normalized spacial score (nSPS) is 13.3. The van der Waals surface area contributed by atoms with E-state index in [0.717, 1.165) is 12.8 Å². The minimum atomic E-state index is -2.42. The van der Waals surface area contributed by atoms with Crippen molar-refractivity contribution in [3.63, 3.8) is 0 Å². The van der Waals surface area contributed by atoms with Crippen molar-refractivity contribution in [2.24, 2.45) is 0 Å². The lowest BCUT2D eigenvalue weighted by Gasteiger charge is -2.27. The third kappa shape index (κ3) is 7.08. The second-order valence-electron chi connectivity index (χ2n) is 5.08. The van der Waals surface area contributed by atoms with Gasteiger partial charge in [-0.3, -0.25) is 4.79 Å². The van der Waals surface area contributed by atoms with E-state index in [0.29, 0.717) is 6.61 Å². The summed E-state index contributed by atoms with van der Waals surface area (Å²) in [6.45, 7) is 6.41.